The largest absolute Gasteiger partial charge is 0.472 e. The van der Waals surface area contributed by atoms with Crippen molar-refractivity contribution in [2.75, 3.05) is 13.2 Å². The number of carbonyl (C=O) groups excluding carboxylic acids is 1. The number of ether oxygens (including phenoxy) is 1. The third-order valence-corrected chi connectivity index (χ3v) is 4.58. The van der Waals surface area contributed by atoms with E-state index in [1.807, 2.05) is 0 Å². The number of aliphatic hydroxyl groups is 2. The van der Waals surface area contributed by atoms with E-state index in [2.05, 4.69) is 4.52 Å². The number of aliphatic hydroxyl groups excluding tert-OH is 2. The first-order chi connectivity index (χ1) is 11.7. The number of carbonyl (C=O) groups is 1. The minimum absolute atomic E-state index is 0.0445. The van der Waals surface area contributed by atoms with E-state index in [4.69, 9.17) is 15.0 Å². The van der Waals surface area contributed by atoms with Gasteiger partial charge in [0.1, 0.15) is 17.8 Å². The van der Waals surface area contributed by atoms with Gasteiger partial charge in [0, 0.05) is 6.07 Å². The molecular formula is C14H22N2O8P+. The fourth-order valence-electron chi connectivity index (χ4n) is 2.32. The molecule has 1 amide bonds. The zero-order chi connectivity index (χ0) is 18.6. The van der Waals surface area contributed by atoms with Gasteiger partial charge in [-0.15, -0.1) is 0 Å². The van der Waals surface area contributed by atoms with Crippen LogP contribution in [0.25, 0.3) is 0 Å². The first kappa shape index (κ1) is 19.9. The van der Waals surface area contributed by atoms with E-state index in [1.54, 1.807) is 6.92 Å². The van der Waals surface area contributed by atoms with Gasteiger partial charge in [0.05, 0.1) is 13.2 Å². The SMILES string of the molecule is CCCOP(=O)(O)OC[C@H]1OC([n+]2cccc(C(N)=O)c2)[C@H](O)[C@@H]1O. The quantitative estimate of drug-likeness (QED) is 0.341. The summed E-state index contributed by atoms with van der Waals surface area (Å²) in [5.41, 5.74) is 5.40. The lowest BCUT2D eigenvalue weighted by molar-refractivity contribution is -0.765. The van der Waals surface area contributed by atoms with Crippen molar-refractivity contribution in [1.29, 1.82) is 0 Å². The van der Waals surface area contributed by atoms with Gasteiger partial charge in [0.25, 0.3) is 12.1 Å². The van der Waals surface area contributed by atoms with Crippen LogP contribution in [0.1, 0.15) is 29.9 Å². The molecule has 11 heteroatoms. The van der Waals surface area contributed by atoms with Crippen molar-refractivity contribution in [3.63, 3.8) is 0 Å². The van der Waals surface area contributed by atoms with E-state index in [0.29, 0.717) is 6.42 Å². The van der Waals surface area contributed by atoms with Gasteiger partial charge in [-0.25, -0.2) is 4.57 Å². The van der Waals surface area contributed by atoms with E-state index in [0.717, 1.165) is 0 Å². The number of phosphoric acid groups is 1. The molecule has 0 aromatic carbocycles. The van der Waals surface area contributed by atoms with Crippen LogP contribution in [-0.4, -0.2) is 52.5 Å². The number of pyridine rings is 1. The van der Waals surface area contributed by atoms with E-state index in [1.165, 1.54) is 29.1 Å². The highest BCUT2D eigenvalue weighted by molar-refractivity contribution is 7.47. The Hall–Kier alpha value is -1.39. The van der Waals surface area contributed by atoms with Crippen molar-refractivity contribution >= 4 is 13.7 Å². The summed E-state index contributed by atoms with van der Waals surface area (Å²) < 4.78 is 28.0. The minimum Gasteiger partial charge on any atom is -0.387 e. The zero-order valence-corrected chi connectivity index (χ0v) is 14.5. The topological polar surface area (TPSA) is 152 Å². The maximum atomic E-state index is 11.6. The van der Waals surface area contributed by atoms with E-state index >= 15 is 0 Å². The average Bonchev–Trinajstić information content (AvgIpc) is 2.87. The molecule has 140 valence electrons. The second-order valence-electron chi connectivity index (χ2n) is 5.55. The molecule has 2 heterocycles. The summed E-state index contributed by atoms with van der Waals surface area (Å²) in [5, 5.41) is 20.2. The lowest BCUT2D eigenvalue weighted by Gasteiger charge is -2.16. The number of aromatic nitrogens is 1. The number of hydrogen-bond donors (Lipinski definition) is 4. The highest BCUT2D eigenvalue weighted by atomic mass is 31.2. The van der Waals surface area contributed by atoms with E-state index < -0.39 is 44.9 Å². The Morgan fingerprint density at radius 2 is 2.12 bits per heavy atom. The highest BCUT2D eigenvalue weighted by Gasteiger charge is 2.49. The van der Waals surface area contributed by atoms with Gasteiger partial charge in [-0.05, 0) is 12.5 Å². The van der Waals surface area contributed by atoms with Crippen molar-refractivity contribution in [3.8, 4) is 0 Å². The molecule has 2 rings (SSSR count). The number of hydrogen-bond acceptors (Lipinski definition) is 7. The molecule has 1 aromatic rings. The smallest absolute Gasteiger partial charge is 0.387 e. The summed E-state index contributed by atoms with van der Waals surface area (Å²) in [5.74, 6) is -0.656. The highest BCUT2D eigenvalue weighted by Crippen LogP contribution is 2.44. The molecule has 0 aliphatic carbocycles. The van der Waals surface area contributed by atoms with Crippen molar-refractivity contribution < 1.29 is 42.8 Å². The monoisotopic (exact) mass is 377 g/mol. The Morgan fingerprint density at radius 3 is 2.76 bits per heavy atom. The van der Waals surface area contributed by atoms with Crippen LogP contribution in [0.4, 0.5) is 0 Å². The molecule has 0 saturated carbocycles. The Balaban J connectivity index is 2.04. The van der Waals surface area contributed by atoms with Crippen molar-refractivity contribution in [2.45, 2.75) is 37.9 Å². The van der Waals surface area contributed by atoms with Crippen LogP contribution in [0.2, 0.25) is 0 Å². The Morgan fingerprint density at radius 1 is 1.40 bits per heavy atom. The van der Waals surface area contributed by atoms with Crippen molar-refractivity contribution in [1.82, 2.24) is 0 Å². The fourth-order valence-corrected chi connectivity index (χ4v) is 3.14. The second kappa shape index (κ2) is 8.33. The van der Waals surface area contributed by atoms with E-state index in [9.17, 15) is 24.5 Å². The van der Waals surface area contributed by atoms with Gasteiger partial charge < -0.3 is 25.6 Å². The predicted molar refractivity (Wildman–Crippen MR) is 83.1 cm³/mol. The summed E-state index contributed by atoms with van der Waals surface area (Å²) in [4.78, 5) is 20.7. The van der Waals surface area contributed by atoms with Gasteiger partial charge in [0.2, 0.25) is 0 Å². The number of nitrogens with two attached hydrogens (primary N) is 1. The number of rotatable bonds is 8. The van der Waals surface area contributed by atoms with Crippen LogP contribution in [0, 0.1) is 0 Å². The van der Waals surface area contributed by atoms with Gasteiger partial charge >= 0.3 is 7.82 Å². The molecule has 0 bridgehead atoms. The lowest BCUT2D eigenvalue weighted by Crippen LogP contribution is -2.46. The molecule has 5 N–H and O–H groups in total. The Labute approximate surface area is 144 Å². The number of phosphoric ester groups is 1. The summed E-state index contributed by atoms with van der Waals surface area (Å²) >= 11 is 0. The summed E-state index contributed by atoms with van der Waals surface area (Å²) in [6.07, 6.45) is -1.35. The Bertz CT molecular complexity index is 657. The Kier molecular flexibility index (Phi) is 6.64. The van der Waals surface area contributed by atoms with Gasteiger partial charge in [-0.1, -0.05) is 6.92 Å². The standard InChI is InChI=1S/C14H21N2O8P/c1-2-6-22-25(20,21)23-8-10-11(17)12(18)14(24-10)16-5-3-4-9(7-16)13(15)19/h3-5,7,10-12,14,17-18H,2,6,8H2,1H3,(H2-,15,19,20,21)/p+1/t10-,11-,12-,14?/m1/s1. The molecule has 1 aromatic heterocycles. The maximum Gasteiger partial charge on any atom is 0.472 e. The molecule has 1 fully saturated rings. The molecule has 2 unspecified atom stereocenters. The molecule has 1 aliphatic heterocycles. The van der Waals surface area contributed by atoms with Crippen LogP contribution in [-0.2, 0) is 18.3 Å². The molecule has 5 atom stereocenters. The summed E-state index contributed by atoms with van der Waals surface area (Å²) in [6, 6.07) is 3.02. The predicted octanol–water partition coefficient (Wildman–Crippen LogP) is -0.764. The van der Waals surface area contributed by atoms with Crippen LogP contribution >= 0.6 is 7.82 Å². The molecule has 0 radical (unpaired) electrons. The van der Waals surface area contributed by atoms with Crippen LogP contribution in [0.5, 0.6) is 0 Å². The summed E-state index contributed by atoms with van der Waals surface area (Å²) in [6.45, 7) is 1.35. The fraction of sp³-hybridized carbons (Fsp3) is 0.571. The van der Waals surface area contributed by atoms with Gasteiger partial charge in [-0.2, -0.15) is 4.57 Å². The maximum absolute atomic E-state index is 11.6. The third kappa shape index (κ3) is 5.05. The number of primary amides is 1. The van der Waals surface area contributed by atoms with Crippen molar-refractivity contribution in [2.24, 2.45) is 5.73 Å². The molecule has 1 aliphatic rings. The number of amides is 1. The molecular weight excluding hydrogens is 355 g/mol. The third-order valence-electron chi connectivity index (χ3n) is 3.60. The molecule has 25 heavy (non-hydrogen) atoms. The first-order valence-corrected chi connectivity index (χ1v) is 9.19. The van der Waals surface area contributed by atoms with Crippen LogP contribution < -0.4 is 10.3 Å². The summed E-state index contributed by atoms with van der Waals surface area (Å²) in [7, 11) is -4.26. The van der Waals surface area contributed by atoms with Crippen molar-refractivity contribution in [3.05, 3.63) is 30.1 Å². The number of nitrogens with zero attached hydrogens (tertiary/aromatic N) is 1. The van der Waals surface area contributed by atoms with Gasteiger partial charge in [-0.3, -0.25) is 13.8 Å². The van der Waals surface area contributed by atoms with Gasteiger partial charge in [0.15, 0.2) is 18.5 Å². The van der Waals surface area contributed by atoms with Crippen LogP contribution in [0.3, 0.4) is 0 Å². The average molecular weight is 377 g/mol. The molecule has 0 spiro atoms. The van der Waals surface area contributed by atoms with Crippen LogP contribution in [0.15, 0.2) is 24.5 Å². The lowest BCUT2D eigenvalue weighted by atomic mass is 10.1. The first-order valence-electron chi connectivity index (χ1n) is 7.69. The zero-order valence-electron chi connectivity index (χ0n) is 13.6. The molecule has 1 saturated heterocycles. The van der Waals surface area contributed by atoms with E-state index in [-0.39, 0.29) is 12.2 Å². The second-order valence-corrected chi connectivity index (χ2v) is 7.00. The molecule has 10 nitrogen and oxygen atoms in total. The minimum atomic E-state index is -4.26. The normalized spacial score (nSPS) is 28.6.